The first-order valence-electron chi connectivity index (χ1n) is 10.1. The van der Waals surface area contributed by atoms with Crippen molar-refractivity contribution >= 4 is 0 Å². The molecule has 22 heavy (non-hydrogen) atoms. The molecule has 0 aromatic rings. The van der Waals surface area contributed by atoms with Gasteiger partial charge >= 0.3 is 0 Å². The molecule has 0 N–H and O–H groups in total. The molecule has 0 aliphatic heterocycles. The van der Waals surface area contributed by atoms with Crippen molar-refractivity contribution in [3.63, 3.8) is 0 Å². The van der Waals surface area contributed by atoms with Crippen LogP contribution in [-0.2, 0) is 4.74 Å². The molecule has 1 heteroatoms. The van der Waals surface area contributed by atoms with Gasteiger partial charge in [-0.15, -0.1) is 0 Å². The first-order chi connectivity index (χ1) is 10.7. The van der Waals surface area contributed by atoms with Crippen LogP contribution in [0, 0.1) is 0 Å². The topological polar surface area (TPSA) is 9.23 Å². The average molecular weight is 311 g/mol. The van der Waals surface area contributed by atoms with Crippen LogP contribution in [0.4, 0.5) is 0 Å². The van der Waals surface area contributed by atoms with Gasteiger partial charge < -0.3 is 4.74 Å². The van der Waals surface area contributed by atoms with E-state index < -0.39 is 0 Å². The van der Waals surface area contributed by atoms with Crippen molar-refractivity contribution < 1.29 is 4.74 Å². The van der Waals surface area contributed by atoms with Gasteiger partial charge in [-0.1, -0.05) is 85.1 Å². The van der Waals surface area contributed by atoms with Gasteiger partial charge in [-0.05, 0) is 32.1 Å². The van der Waals surface area contributed by atoms with Crippen molar-refractivity contribution in [1.82, 2.24) is 0 Å². The summed E-state index contributed by atoms with van der Waals surface area (Å²) in [4.78, 5) is 0. The molecule has 0 aromatic heterocycles. The van der Waals surface area contributed by atoms with Crippen molar-refractivity contribution in [2.75, 3.05) is 0 Å². The van der Waals surface area contributed by atoms with Gasteiger partial charge in [0.25, 0.3) is 0 Å². The molecule has 1 nitrogen and oxygen atoms in total. The lowest BCUT2D eigenvalue weighted by Crippen LogP contribution is -2.12. The zero-order chi connectivity index (χ0) is 16.5. The van der Waals surface area contributed by atoms with Crippen molar-refractivity contribution in [3.05, 3.63) is 12.3 Å². The molecule has 0 fully saturated rings. The maximum absolute atomic E-state index is 6.19. The summed E-state index contributed by atoms with van der Waals surface area (Å²) in [5.74, 6) is 1.04. The predicted octanol–water partition coefficient (Wildman–Crippen LogP) is 7.80. The van der Waals surface area contributed by atoms with Gasteiger partial charge in [-0.2, -0.15) is 0 Å². The van der Waals surface area contributed by atoms with E-state index in [4.69, 9.17) is 4.74 Å². The van der Waals surface area contributed by atoms with E-state index in [1.165, 1.54) is 89.9 Å². The molecule has 0 heterocycles. The van der Waals surface area contributed by atoms with Gasteiger partial charge in [-0.3, -0.25) is 0 Å². The molecule has 132 valence electrons. The Morgan fingerprint density at radius 2 is 1.14 bits per heavy atom. The first-order valence-corrected chi connectivity index (χ1v) is 10.1. The van der Waals surface area contributed by atoms with Crippen molar-refractivity contribution in [2.24, 2.45) is 0 Å². The van der Waals surface area contributed by atoms with Gasteiger partial charge in [0.15, 0.2) is 0 Å². The quantitative estimate of drug-likeness (QED) is 0.197. The Hall–Kier alpha value is -0.460. The van der Waals surface area contributed by atoms with E-state index in [9.17, 15) is 0 Å². The highest BCUT2D eigenvalue weighted by molar-refractivity contribution is 4.84. The Balaban J connectivity index is 3.88. The Labute approximate surface area is 140 Å². The Kier molecular flexibility index (Phi) is 16.5. The van der Waals surface area contributed by atoms with Crippen molar-refractivity contribution in [2.45, 2.75) is 123 Å². The average Bonchev–Trinajstić information content (AvgIpc) is 2.51. The smallest absolute Gasteiger partial charge is 0.0982 e. The molecule has 0 saturated carbocycles. The zero-order valence-corrected chi connectivity index (χ0v) is 15.8. The monoisotopic (exact) mass is 310 g/mol. The van der Waals surface area contributed by atoms with Crippen LogP contribution in [0.15, 0.2) is 12.3 Å². The van der Waals surface area contributed by atoms with Crippen LogP contribution in [0.5, 0.6) is 0 Å². The fraction of sp³-hybridized carbons (Fsp3) is 0.905. The van der Waals surface area contributed by atoms with E-state index in [-0.39, 0.29) is 0 Å². The highest BCUT2D eigenvalue weighted by Crippen LogP contribution is 2.20. The second-order valence-corrected chi connectivity index (χ2v) is 6.79. The molecule has 0 rings (SSSR count). The number of hydrogen-bond donors (Lipinski definition) is 0. The van der Waals surface area contributed by atoms with Crippen LogP contribution >= 0.6 is 0 Å². The van der Waals surface area contributed by atoms with E-state index in [2.05, 4.69) is 27.4 Å². The van der Waals surface area contributed by atoms with Crippen LogP contribution in [0.2, 0.25) is 0 Å². The SMILES string of the molecule is C=C(CCCCCCC)OC(CCCCC)CCCCCC. The summed E-state index contributed by atoms with van der Waals surface area (Å²) < 4.78 is 6.19. The minimum Gasteiger partial charge on any atom is -0.495 e. The van der Waals surface area contributed by atoms with Crippen LogP contribution < -0.4 is 0 Å². The van der Waals surface area contributed by atoms with E-state index in [0.717, 1.165) is 12.2 Å². The number of allylic oxidation sites excluding steroid dienone is 1. The summed E-state index contributed by atoms with van der Waals surface area (Å²) >= 11 is 0. The highest BCUT2D eigenvalue weighted by atomic mass is 16.5. The van der Waals surface area contributed by atoms with Crippen LogP contribution in [0.1, 0.15) is 117 Å². The Morgan fingerprint density at radius 3 is 1.73 bits per heavy atom. The lowest BCUT2D eigenvalue weighted by Gasteiger charge is -2.21. The second kappa shape index (κ2) is 16.9. The summed E-state index contributed by atoms with van der Waals surface area (Å²) in [5.41, 5.74) is 0. The molecule has 0 amide bonds. The maximum atomic E-state index is 6.19. The molecular weight excluding hydrogens is 268 g/mol. The molecule has 1 atom stereocenters. The third kappa shape index (κ3) is 14.5. The van der Waals surface area contributed by atoms with E-state index in [0.29, 0.717) is 6.10 Å². The fourth-order valence-electron chi connectivity index (χ4n) is 2.90. The Bertz CT molecular complexity index is 234. The van der Waals surface area contributed by atoms with Gasteiger partial charge in [0.2, 0.25) is 0 Å². The fourth-order valence-corrected chi connectivity index (χ4v) is 2.90. The molecule has 0 radical (unpaired) electrons. The lowest BCUT2D eigenvalue weighted by molar-refractivity contribution is 0.0897. The molecule has 0 aliphatic carbocycles. The molecule has 1 unspecified atom stereocenters. The van der Waals surface area contributed by atoms with E-state index in [1.54, 1.807) is 0 Å². The summed E-state index contributed by atoms with van der Waals surface area (Å²) in [7, 11) is 0. The van der Waals surface area contributed by atoms with E-state index >= 15 is 0 Å². The number of unbranched alkanes of at least 4 members (excludes halogenated alkanes) is 9. The molecule has 0 aliphatic rings. The highest BCUT2D eigenvalue weighted by Gasteiger charge is 2.10. The molecule has 0 spiro atoms. The first kappa shape index (κ1) is 21.5. The number of ether oxygens (including phenoxy) is 1. The minimum absolute atomic E-state index is 0.423. The Morgan fingerprint density at radius 1 is 0.682 bits per heavy atom. The van der Waals surface area contributed by atoms with Gasteiger partial charge in [-0.25, -0.2) is 0 Å². The maximum Gasteiger partial charge on any atom is 0.0982 e. The molecular formula is C21H42O. The molecule has 0 bridgehead atoms. The van der Waals surface area contributed by atoms with E-state index in [1.807, 2.05) is 0 Å². The third-order valence-corrected chi connectivity index (χ3v) is 4.40. The van der Waals surface area contributed by atoms with Gasteiger partial charge in [0, 0.05) is 6.42 Å². The standard InChI is InChI=1S/C21H42O/c1-5-8-11-13-15-17-20(4)22-21(18-14-10-7-3)19-16-12-9-6-2/h21H,4-19H2,1-3H3. The summed E-state index contributed by atoms with van der Waals surface area (Å²) in [6.45, 7) is 11.0. The molecule has 0 aromatic carbocycles. The predicted molar refractivity (Wildman–Crippen MR) is 100 cm³/mol. The summed E-state index contributed by atoms with van der Waals surface area (Å²) in [6.07, 6.45) is 19.8. The minimum atomic E-state index is 0.423. The molecule has 0 saturated heterocycles. The third-order valence-electron chi connectivity index (χ3n) is 4.40. The second-order valence-electron chi connectivity index (χ2n) is 6.79. The lowest BCUT2D eigenvalue weighted by atomic mass is 10.0. The number of hydrogen-bond acceptors (Lipinski definition) is 1. The van der Waals surface area contributed by atoms with Crippen molar-refractivity contribution in [3.8, 4) is 0 Å². The number of rotatable bonds is 17. The summed E-state index contributed by atoms with van der Waals surface area (Å²) in [6, 6.07) is 0. The van der Waals surface area contributed by atoms with Crippen molar-refractivity contribution in [1.29, 1.82) is 0 Å². The van der Waals surface area contributed by atoms with Gasteiger partial charge in [0.1, 0.15) is 0 Å². The van der Waals surface area contributed by atoms with Crippen LogP contribution in [0.3, 0.4) is 0 Å². The van der Waals surface area contributed by atoms with Crippen LogP contribution in [-0.4, -0.2) is 6.10 Å². The van der Waals surface area contributed by atoms with Gasteiger partial charge in [0.05, 0.1) is 11.9 Å². The summed E-state index contributed by atoms with van der Waals surface area (Å²) in [5, 5.41) is 0. The normalized spacial score (nSPS) is 12.3. The van der Waals surface area contributed by atoms with Crippen LogP contribution in [0.25, 0.3) is 0 Å². The zero-order valence-electron chi connectivity index (χ0n) is 15.8. The largest absolute Gasteiger partial charge is 0.495 e.